The molecule has 18 heavy (non-hydrogen) atoms. The number of carbonyl (C=O) groups is 1. The molecule has 104 valence electrons. The molecular formula is C14H26N2O2. The van der Waals surface area contributed by atoms with Crippen molar-refractivity contribution in [2.24, 2.45) is 11.8 Å². The molecule has 2 N–H and O–H groups in total. The first kappa shape index (κ1) is 13.8. The van der Waals surface area contributed by atoms with Gasteiger partial charge in [0.25, 0.3) is 0 Å². The van der Waals surface area contributed by atoms with Gasteiger partial charge in [0.2, 0.25) is 0 Å². The maximum atomic E-state index is 11.3. The highest BCUT2D eigenvalue weighted by molar-refractivity contribution is 5.70. The van der Waals surface area contributed by atoms with Crippen LogP contribution in [0.1, 0.15) is 39.5 Å². The third-order valence-corrected chi connectivity index (χ3v) is 4.73. The standard InChI is InChI=1S/C14H26N2O2/c1-3-15-13-7-12(14(17)18)8-16(9-13)10(2)11-5-4-6-11/h10-13,15H,3-9H2,1-2H3,(H,17,18). The second-order valence-electron chi connectivity index (χ2n) is 5.91. The summed E-state index contributed by atoms with van der Waals surface area (Å²) in [5, 5.41) is 12.7. The van der Waals surface area contributed by atoms with Gasteiger partial charge in [-0.05, 0) is 38.6 Å². The molecule has 4 heteroatoms. The summed E-state index contributed by atoms with van der Waals surface area (Å²) in [4.78, 5) is 13.7. The van der Waals surface area contributed by atoms with Crippen molar-refractivity contribution >= 4 is 5.97 Å². The molecule has 0 bridgehead atoms. The van der Waals surface area contributed by atoms with E-state index in [0.29, 0.717) is 12.1 Å². The normalized spacial score (nSPS) is 31.9. The lowest BCUT2D eigenvalue weighted by molar-refractivity contribution is -0.144. The number of nitrogens with one attached hydrogen (secondary N) is 1. The van der Waals surface area contributed by atoms with Gasteiger partial charge in [-0.1, -0.05) is 13.3 Å². The summed E-state index contributed by atoms with van der Waals surface area (Å²) >= 11 is 0. The fraction of sp³-hybridized carbons (Fsp3) is 0.929. The van der Waals surface area contributed by atoms with Crippen LogP contribution in [0, 0.1) is 11.8 Å². The second-order valence-corrected chi connectivity index (χ2v) is 5.91. The third kappa shape index (κ3) is 3.04. The Kier molecular flexibility index (Phi) is 4.62. The zero-order chi connectivity index (χ0) is 13.1. The molecule has 0 aromatic carbocycles. The predicted molar refractivity (Wildman–Crippen MR) is 71.6 cm³/mol. The van der Waals surface area contributed by atoms with Gasteiger partial charge in [-0.2, -0.15) is 0 Å². The van der Waals surface area contributed by atoms with E-state index in [1.165, 1.54) is 19.3 Å². The molecule has 3 atom stereocenters. The summed E-state index contributed by atoms with van der Waals surface area (Å²) in [5.74, 6) is -0.0476. The Balaban J connectivity index is 1.97. The Morgan fingerprint density at radius 3 is 2.67 bits per heavy atom. The summed E-state index contributed by atoms with van der Waals surface area (Å²) in [6, 6.07) is 0.884. The Hall–Kier alpha value is -0.610. The molecule has 0 radical (unpaired) electrons. The lowest BCUT2D eigenvalue weighted by Gasteiger charge is -2.44. The molecule has 2 fully saturated rings. The van der Waals surface area contributed by atoms with Crippen molar-refractivity contribution in [3.8, 4) is 0 Å². The van der Waals surface area contributed by atoms with Crippen LogP contribution in [0.25, 0.3) is 0 Å². The summed E-state index contributed by atoms with van der Waals surface area (Å²) in [5.41, 5.74) is 0. The van der Waals surface area contributed by atoms with Crippen LogP contribution in [0.3, 0.4) is 0 Å². The third-order valence-electron chi connectivity index (χ3n) is 4.73. The van der Waals surface area contributed by atoms with Gasteiger partial charge in [-0.25, -0.2) is 0 Å². The van der Waals surface area contributed by atoms with Crippen LogP contribution in [0.4, 0.5) is 0 Å². The smallest absolute Gasteiger partial charge is 0.307 e. The number of likely N-dealkylation sites (tertiary alicyclic amines) is 1. The first-order valence-corrected chi connectivity index (χ1v) is 7.32. The number of hydrogen-bond acceptors (Lipinski definition) is 3. The summed E-state index contributed by atoms with van der Waals surface area (Å²) < 4.78 is 0. The SMILES string of the molecule is CCNC1CC(C(=O)O)CN(C(C)C2CCC2)C1. The van der Waals surface area contributed by atoms with Crippen molar-refractivity contribution in [2.45, 2.75) is 51.6 Å². The Morgan fingerprint density at radius 2 is 2.17 bits per heavy atom. The van der Waals surface area contributed by atoms with Crippen molar-refractivity contribution in [2.75, 3.05) is 19.6 Å². The molecule has 2 rings (SSSR count). The predicted octanol–water partition coefficient (Wildman–Crippen LogP) is 1.56. The zero-order valence-corrected chi connectivity index (χ0v) is 11.6. The van der Waals surface area contributed by atoms with E-state index in [0.717, 1.165) is 32.0 Å². The molecule has 0 aromatic rings. The molecule has 1 heterocycles. The molecule has 0 amide bonds. The highest BCUT2D eigenvalue weighted by atomic mass is 16.4. The van der Waals surface area contributed by atoms with Crippen molar-refractivity contribution in [3.05, 3.63) is 0 Å². The van der Waals surface area contributed by atoms with Gasteiger partial charge >= 0.3 is 5.97 Å². The average molecular weight is 254 g/mol. The molecule has 1 aliphatic carbocycles. The molecule has 3 unspecified atom stereocenters. The van der Waals surface area contributed by atoms with E-state index >= 15 is 0 Å². The van der Waals surface area contributed by atoms with E-state index in [2.05, 4.69) is 24.1 Å². The topological polar surface area (TPSA) is 52.6 Å². The first-order chi connectivity index (χ1) is 8.61. The van der Waals surface area contributed by atoms with Gasteiger partial charge in [0, 0.05) is 25.2 Å². The van der Waals surface area contributed by atoms with Crippen molar-refractivity contribution in [3.63, 3.8) is 0 Å². The minimum Gasteiger partial charge on any atom is -0.481 e. The fourth-order valence-corrected chi connectivity index (χ4v) is 3.30. The number of likely N-dealkylation sites (N-methyl/N-ethyl adjacent to an activating group) is 1. The van der Waals surface area contributed by atoms with Crippen LogP contribution in [-0.4, -0.2) is 47.7 Å². The number of hydrogen-bond donors (Lipinski definition) is 2. The van der Waals surface area contributed by atoms with Gasteiger partial charge in [-0.3, -0.25) is 9.69 Å². The first-order valence-electron chi connectivity index (χ1n) is 7.32. The van der Waals surface area contributed by atoms with Gasteiger partial charge < -0.3 is 10.4 Å². The van der Waals surface area contributed by atoms with Crippen LogP contribution < -0.4 is 5.32 Å². The largest absolute Gasteiger partial charge is 0.481 e. The molecule has 0 spiro atoms. The number of rotatable bonds is 5. The number of carboxylic acids is 1. The Morgan fingerprint density at radius 1 is 1.44 bits per heavy atom. The molecule has 4 nitrogen and oxygen atoms in total. The van der Waals surface area contributed by atoms with E-state index in [-0.39, 0.29) is 5.92 Å². The highest BCUT2D eigenvalue weighted by Gasteiger charge is 2.36. The maximum absolute atomic E-state index is 11.3. The van der Waals surface area contributed by atoms with Crippen LogP contribution in [0.5, 0.6) is 0 Å². The van der Waals surface area contributed by atoms with Crippen molar-refractivity contribution in [1.29, 1.82) is 0 Å². The summed E-state index contributed by atoms with van der Waals surface area (Å²) in [6.45, 7) is 7.02. The monoisotopic (exact) mass is 254 g/mol. The van der Waals surface area contributed by atoms with E-state index in [4.69, 9.17) is 0 Å². The number of carboxylic acid groups (broad SMARTS) is 1. The molecule has 1 saturated carbocycles. The minimum atomic E-state index is -0.636. The Labute approximate surface area is 110 Å². The van der Waals surface area contributed by atoms with Gasteiger partial charge in [-0.15, -0.1) is 0 Å². The number of piperidine rings is 1. The number of aliphatic carboxylic acids is 1. The zero-order valence-electron chi connectivity index (χ0n) is 11.6. The van der Waals surface area contributed by atoms with Crippen molar-refractivity contribution in [1.82, 2.24) is 10.2 Å². The van der Waals surface area contributed by atoms with Gasteiger partial charge in [0.1, 0.15) is 0 Å². The highest BCUT2D eigenvalue weighted by Crippen LogP contribution is 2.33. The lowest BCUT2D eigenvalue weighted by atomic mass is 9.78. The van der Waals surface area contributed by atoms with Gasteiger partial charge in [0.05, 0.1) is 5.92 Å². The van der Waals surface area contributed by atoms with Crippen LogP contribution >= 0.6 is 0 Å². The maximum Gasteiger partial charge on any atom is 0.307 e. The lowest BCUT2D eigenvalue weighted by Crippen LogP contribution is -2.55. The summed E-state index contributed by atoms with van der Waals surface area (Å²) in [6.07, 6.45) is 4.77. The fourth-order valence-electron chi connectivity index (χ4n) is 3.30. The number of nitrogens with zero attached hydrogens (tertiary/aromatic N) is 1. The quantitative estimate of drug-likeness (QED) is 0.782. The van der Waals surface area contributed by atoms with Crippen LogP contribution in [0.2, 0.25) is 0 Å². The van der Waals surface area contributed by atoms with Crippen LogP contribution in [-0.2, 0) is 4.79 Å². The van der Waals surface area contributed by atoms with E-state index < -0.39 is 5.97 Å². The van der Waals surface area contributed by atoms with E-state index in [1.54, 1.807) is 0 Å². The molecule has 0 aromatic heterocycles. The second kappa shape index (κ2) is 6.02. The molecular weight excluding hydrogens is 228 g/mol. The molecule has 1 saturated heterocycles. The van der Waals surface area contributed by atoms with E-state index in [1.807, 2.05) is 0 Å². The van der Waals surface area contributed by atoms with Gasteiger partial charge in [0.15, 0.2) is 0 Å². The minimum absolute atomic E-state index is 0.203. The van der Waals surface area contributed by atoms with Crippen molar-refractivity contribution < 1.29 is 9.90 Å². The summed E-state index contributed by atoms with van der Waals surface area (Å²) in [7, 11) is 0. The van der Waals surface area contributed by atoms with Crippen LogP contribution in [0.15, 0.2) is 0 Å². The van der Waals surface area contributed by atoms with E-state index in [9.17, 15) is 9.90 Å². The average Bonchev–Trinajstić information content (AvgIpc) is 2.26. The molecule has 2 aliphatic rings. The molecule has 1 aliphatic heterocycles. The Bertz CT molecular complexity index is 292.